The van der Waals surface area contributed by atoms with E-state index in [2.05, 4.69) is 0 Å². The van der Waals surface area contributed by atoms with Crippen LogP contribution in [0.4, 0.5) is 4.39 Å². The molecule has 1 aliphatic heterocycles. The lowest BCUT2D eigenvalue weighted by molar-refractivity contribution is 0.0630. The zero-order valence-electron chi connectivity index (χ0n) is 16.4. The summed E-state index contributed by atoms with van der Waals surface area (Å²) in [6, 6.07) is 8.29. The number of piperidine rings is 1. The second-order valence-corrected chi connectivity index (χ2v) is 7.66. The van der Waals surface area contributed by atoms with Gasteiger partial charge in [0.05, 0.1) is 6.10 Å². The van der Waals surface area contributed by atoms with Gasteiger partial charge >= 0.3 is 0 Å². The van der Waals surface area contributed by atoms with Crippen molar-refractivity contribution in [2.45, 2.75) is 18.4 Å². The molecule has 0 unspecified atom stereocenters. The van der Waals surface area contributed by atoms with Crippen molar-refractivity contribution in [3.05, 3.63) is 69.3 Å². The first-order chi connectivity index (χ1) is 14.3. The molecule has 0 bridgehead atoms. The maximum atomic E-state index is 13.4. The molecule has 2 aromatic carbocycles. The Morgan fingerprint density at radius 2 is 1.97 bits per heavy atom. The van der Waals surface area contributed by atoms with E-state index in [0.717, 1.165) is 6.07 Å². The standard InChI is InChI=1S/C23H22FNO5/c1-25-8-7-16(20(29)12-25)21-18(27)11-19(28)22-17(26)10-15(30-23(21)22)6-5-13-3-2-4-14(24)9-13/h2-6,9-11,16,20,27-29H,7-8,12H2,1H3/b6-5+/t16-,20+/m0/s1. The zero-order chi connectivity index (χ0) is 21.4. The predicted molar refractivity (Wildman–Crippen MR) is 112 cm³/mol. The fraction of sp³-hybridized carbons (Fsp3) is 0.261. The highest BCUT2D eigenvalue weighted by molar-refractivity contribution is 5.89. The first-order valence-electron chi connectivity index (χ1n) is 9.66. The smallest absolute Gasteiger partial charge is 0.197 e. The molecule has 1 aromatic heterocycles. The molecule has 156 valence electrons. The van der Waals surface area contributed by atoms with E-state index in [0.29, 0.717) is 30.6 Å². The number of benzene rings is 2. The molecule has 0 amide bonds. The van der Waals surface area contributed by atoms with Gasteiger partial charge in [-0.15, -0.1) is 0 Å². The van der Waals surface area contributed by atoms with Crippen molar-refractivity contribution in [1.29, 1.82) is 0 Å². The Morgan fingerprint density at radius 1 is 1.17 bits per heavy atom. The number of hydrogen-bond acceptors (Lipinski definition) is 6. The summed E-state index contributed by atoms with van der Waals surface area (Å²) in [5.41, 5.74) is 0.466. The Kier molecular flexibility index (Phi) is 5.32. The van der Waals surface area contributed by atoms with E-state index in [4.69, 9.17) is 4.42 Å². The van der Waals surface area contributed by atoms with Crippen LogP contribution in [-0.4, -0.2) is 46.5 Å². The second-order valence-electron chi connectivity index (χ2n) is 7.66. The normalized spacial score (nSPS) is 20.2. The SMILES string of the molecule is CN1CC[C@H](c2c(O)cc(O)c3c(=O)cc(/C=C/c4cccc(F)c4)oc23)[C@H](O)C1. The molecule has 4 rings (SSSR count). The van der Waals surface area contributed by atoms with Crippen LogP contribution >= 0.6 is 0 Å². The molecule has 1 saturated heterocycles. The van der Waals surface area contributed by atoms with Gasteiger partial charge in [-0.05, 0) is 43.8 Å². The summed E-state index contributed by atoms with van der Waals surface area (Å²) in [5, 5.41) is 31.3. The lowest BCUT2D eigenvalue weighted by Crippen LogP contribution is -2.40. The molecule has 3 N–H and O–H groups in total. The Balaban J connectivity index is 1.85. The van der Waals surface area contributed by atoms with Crippen molar-refractivity contribution < 1.29 is 24.1 Å². The van der Waals surface area contributed by atoms with Gasteiger partial charge in [0.1, 0.15) is 34.0 Å². The summed E-state index contributed by atoms with van der Waals surface area (Å²) in [6.07, 6.45) is 2.91. The predicted octanol–water partition coefficient (Wildman–Crippen LogP) is 3.29. The second kappa shape index (κ2) is 7.93. The van der Waals surface area contributed by atoms with Crippen LogP contribution in [0.1, 0.15) is 29.2 Å². The van der Waals surface area contributed by atoms with Gasteiger partial charge in [-0.25, -0.2) is 4.39 Å². The number of hydrogen-bond donors (Lipinski definition) is 3. The summed E-state index contributed by atoms with van der Waals surface area (Å²) < 4.78 is 19.3. The number of aromatic hydroxyl groups is 2. The van der Waals surface area contributed by atoms with Crippen LogP contribution in [0.5, 0.6) is 11.5 Å². The number of phenolic OH excluding ortho intramolecular Hbond substituents is 2. The fourth-order valence-corrected chi connectivity index (χ4v) is 4.00. The fourth-order valence-electron chi connectivity index (χ4n) is 4.00. The van der Waals surface area contributed by atoms with E-state index >= 15 is 0 Å². The first kappa shape index (κ1) is 20.1. The number of fused-ring (bicyclic) bond motifs is 1. The summed E-state index contributed by atoms with van der Waals surface area (Å²) >= 11 is 0. The van der Waals surface area contributed by atoms with E-state index in [9.17, 15) is 24.5 Å². The minimum Gasteiger partial charge on any atom is -0.507 e. The number of likely N-dealkylation sites (tertiary alicyclic amines) is 1. The van der Waals surface area contributed by atoms with E-state index in [-0.39, 0.29) is 34.0 Å². The number of aliphatic hydroxyl groups excluding tert-OH is 1. The number of likely N-dealkylation sites (N-methyl/N-ethyl adjacent to an activating group) is 1. The average molecular weight is 411 g/mol. The minimum atomic E-state index is -0.765. The summed E-state index contributed by atoms with van der Waals surface area (Å²) in [7, 11) is 1.89. The van der Waals surface area contributed by atoms with Gasteiger partial charge in [0.2, 0.25) is 0 Å². The highest BCUT2D eigenvalue weighted by atomic mass is 19.1. The summed E-state index contributed by atoms with van der Waals surface area (Å²) in [5.74, 6) is -1.27. The molecule has 3 aromatic rings. The monoisotopic (exact) mass is 411 g/mol. The molecule has 1 fully saturated rings. The Morgan fingerprint density at radius 3 is 2.70 bits per heavy atom. The molecule has 30 heavy (non-hydrogen) atoms. The number of halogens is 1. The number of rotatable bonds is 3. The molecule has 0 saturated carbocycles. The minimum absolute atomic E-state index is 0.0446. The maximum absolute atomic E-state index is 13.4. The largest absolute Gasteiger partial charge is 0.507 e. The molecule has 0 radical (unpaired) electrons. The highest BCUT2D eigenvalue weighted by Crippen LogP contribution is 2.41. The lowest BCUT2D eigenvalue weighted by Gasteiger charge is -2.34. The molecule has 0 aliphatic carbocycles. The van der Waals surface area contributed by atoms with E-state index in [1.54, 1.807) is 18.2 Å². The molecule has 7 heteroatoms. The third-order valence-corrected chi connectivity index (χ3v) is 5.46. The van der Waals surface area contributed by atoms with Crippen molar-refractivity contribution >= 4 is 23.1 Å². The van der Waals surface area contributed by atoms with Gasteiger partial charge in [0.25, 0.3) is 0 Å². The Bertz CT molecular complexity index is 1190. The molecular weight excluding hydrogens is 389 g/mol. The number of β-amino-alcohol motifs (C(OH)–C–C–N with tert-alkyl or cyclic N) is 1. The molecular formula is C23H22FNO5. The van der Waals surface area contributed by atoms with E-state index < -0.39 is 17.5 Å². The Labute approximate surface area is 172 Å². The van der Waals surface area contributed by atoms with Crippen molar-refractivity contribution in [1.82, 2.24) is 4.90 Å². The van der Waals surface area contributed by atoms with Crippen LogP contribution in [-0.2, 0) is 0 Å². The average Bonchev–Trinajstić information content (AvgIpc) is 2.67. The quantitative estimate of drug-likeness (QED) is 0.612. The maximum Gasteiger partial charge on any atom is 0.197 e. The van der Waals surface area contributed by atoms with E-state index in [1.807, 2.05) is 11.9 Å². The van der Waals surface area contributed by atoms with Crippen LogP contribution in [0.2, 0.25) is 0 Å². The molecule has 6 nitrogen and oxygen atoms in total. The van der Waals surface area contributed by atoms with Crippen LogP contribution in [0.25, 0.3) is 23.1 Å². The topological polar surface area (TPSA) is 94.1 Å². The van der Waals surface area contributed by atoms with Gasteiger partial charge in [0.15, 0.2) is 5.43 Å². The lowest BCUT2D eigenvalue weighted by atomic mass is 9.85. The van der Waals surface area contributed by atoms with E-state index in [1.165, 1.54) is 24.3 Å². The van der Waals surface area contributed by atoms with Gasteiger partial charge in [0, 0.05) is 30.2 Å². The first-order valence-corrected chi connectivity index (χ1v) is 9.66. The van der Waals surface area contributed by atoms with Gasteiger partial charge in [-0.3, -0.25) is 4.79 Å². The molecule has 1 aliphatic rings. The number of nitrogens with zero attached hydrogens (tertiary/aromatic N) is 1. The number of aliphatic hydroxyl groups is 1. The molecule has 0 spiro atoms. The van der Waals surface area contributed by atoms with Crippen LogP contribution < -0.4 is 5.43 Å². The molecule has 2 atom stereocenters. The van der Waals surface area contributed by atoms with Crippen molar-refractivity contribution in [2.75, 3.05) is 20.1 Å². The van der Waals surface area contributed by atoms with Crippen molar-refractivity contribution in [2.24, 2.45) is 0 Å². The summed E-state index contributed by atoms with van der Waals surface area (Å²) in [6.45, 7) is 1.11. The zero-order valence-corrected chi connectivity index (χ0v) is 16.4. The van der Waals surface area contributed by atoms with Gasteiger partial charge < -0.3 is 24.6 Å². The Hall–Kier alpha value is -3.16. The van der Waals surface area contributed by atoms with Gasteiger partial charge in [-0.2, -0.15) is 0 Å². The van der Waals surface area contributed by atoms with Gasteiger partial charge in [-0.1, -0.05) is 18.2 Å². The third kappa shape index (κ3) is 3.81. The van der Waals surface area contributed by atoms with Crippen molar-refractivity contribution in [3.63, 3.8) is 0 Å². The number of phenols is 2. The summed E-state index contributed by atoms with van der Waals surface area (Å²) in [4.78, 5) is 14.7. The third-order valence-electron chi connectivity index (χ3n) is 5.46. The van der Waals surface area contributed by atoms with Crippen LogP contribution in [0.3, 0.4) is 0 Å². The highest BCUT2D eigenvalue weighted by Gasteiger charge is 2.32. The molecule has 2 heterocycles. The van der Waals surface area contributed by atoms with Crippen LogP contribution in [0, 0.1) is 5.82 Å². The van der Waals surface area contributed by atoms with Crippen LogP contribution in [0.15, 0.2) is 45.6 Å². The van der Waals surface area contributed by atoms with Crippen molar-refractivity contribution in [3.8, 4) is 11.5 Å².